The molecule has 0 radical (unpaired) electrons. The van der Waals surface area contributed by atoms with Gasteiger partial charge >= 0.3 is 0 Å². The predicted molar refractivity (Wildman–Crippen MR) is 223 cm³/mol. The fourth-order valence-corrected chi connectivity index (χ4v) is 10.5. The van der Waals surface area contributed by atoms with Crippen LogP contribution in [0.15, 0.2) is 120 Å². The van der Waals surface area contributed by atoms with Gasteiger partial charge in [-0.25, -0.2) is 0 Å². The van der Waals surface area contributed by atoms with E-state index in [2.05, 4.69) is 178 Å². The zero-order valence-electron chi connectivity index (χ0n) is 30.3. The van der Waals surface area contributed by atoms with Gasteiger partial charge in [0.1, 0.15) is 11.2 Å². The lowest BCUT2D eigenvalue weighted by atomic mass is 9.33. The molecule has 50 heavy (non-hydrogen) atoms. The second-order valence-corrected chi connectivity index (χ2v) is 26.6. The van der Waals surface area contributed by atoms with E-state index in [0.29, 0.717) is 0 Å². The molecule has 0 aliphatic carbocycles. The first-order valence-electron chi connectivity index (χ1n) is 17.9. The molecule has 0 amide bonds. The third-order valence-electron chi connectivity index (χ3n) is 10.9. The van der Waals surface area contributed by atoms with Crippen molar-refractivity contribution in [3.63, 3.8) is 0 Å². The molecule has 7 aromatic rings. The van der Waals surface area contributed by atoms with Crippen molar-refractivity contribution in [3.05, 3.63) is 126 Å². The number of aryl methyl sites for hydroxylation is 2. The monoisotopic (exact) mass is 682 g/mol. The summed E-state index contributed by atoms with van der Waals surface area (Å²) in [5.74, 6) is 0. The fourth-order valence-electron chi connectivity index (χ4n) is 8.18. The molecular formula is C44H43BN2OSi2. The third-order valence-corrected chi connectivity index (χ3v) is 15.0. The van der Waals surface area contributed by atoms with Gasteiger partial charge in [0, 0.05) is 44.9 Å². The highest BCUT2D eigenvalue weighted by Crippen LogP contribution is 2.45. The van der Waals surface area contributed by atoms with Crippen molar-refractivity contribution in [1.29, 1.82) is 0 Å². The molecule has 0 saturated carbocycles. The number of fused-ring (bicyclic) bond motifs is 7. The van der Waals surface area contributed by atoms with Gasteiger partial charge in [0.05, 0.1) is 16.1 Å². The number of rotatable bonds is 4. The molecule has 0 fully saturated rings. The van der Waals surface area contributed by atoms with Gasteiger partial charge in [0.2, 0.25) is 0 Å². The van der Waals surface area contributed by atoms with Crippen molar-refractivity contribution in [1.82, 2.24) is 0 Å². The molecule has 0 saturated heterocycles. The van der Waals surface area contributed by atoms with Crippen molar-refractivity contribution >= 4 is 106 Å². The van der Waals surface area contributed by atoms with Crippen LogP contribution >= 0.6 is 0 Å². The van der Waals surface area contributed by atoms with Gasteiger partial charge in [-0.15, -0.1) is 0 Å². The standard InChI is InChI=1S/C44H43BN2OSi2/c1-28-13-15-30(16-14-28)47-39-26-35-34-11-9-10-12-42(34)48-43(35)27-37(39)45-36-25-33(50(6,7)8)21-22-38(36)46(40-23-29(2)24-41(47)44(40)45)31-17-19-32(20-18-31)49(3,4)5/h9-27H,1-8H3. The molecule has 0 N–H and O–H groups in total. The fraction of sp³-hybridized carbons (Fsp3) is 0.182. The Kier molecular flexibility index (Phi) is 6.78. The molecule has 246 valence electrons. The summed E-state index contributed by atoms with van der Waals surface area (Å²) in [6.45, 7) is 19.1. The van der Waals surface area contributed by atoms with Crippen LogP contribution in [-0.2, 0) is 0 Å². The lowest BCUT2D eigenvalue weighted by Gasteiger charge is -2.44. The van der Waals surface area contributed by atoms with Crippen LogP contribution in [0.2, 0.25) is 39.3 Å². The third kappa shape index (κ3) is 4.76. The highest BCUT2D eigenvalue weighted by atomic mass is 28.3. The van der Waals surface area contributed by atoms with E-state index in [0.717, 1.165) is 21.9 Å². The quantitative estimate of drug-likeness (QED) is 0.173. The first-order valence-corrected chi connectivity index (χ1v) is 24.9. The Balaban J connectivity index is 1.39. The zero-order valence-corrected chi connectivity index (χ0v) is 32.3. The summed E-state index contributed by atoms with van der Waals surface area (Å²) in [7, 11) is -3.09. The number of para-hydroxylation sites is 1. The van der Waals surface area contributed by atoms with Crippen LogP contribution in [0.3, 0.4) is 0 Å². The van der Waals surface area contributed by atoms with Crippen LogP contribution in [0.25, 0.3) is 21.9 Å². The van der Waals surface area contributed by atoms with Gasteiger partial charge in [-0.2, -0.15) is 0 Å². The van der Waals surface area contributed by atoms with Crippen LogP contribution in [0.4, 0.5) is 34.1 Å². The molecule has 3 heterocycles. The summed E-state index contributed by atoms with van der Waals surface area (Å²) in [5.41, 5.74) is 15.8. The van der Waals surface area contributed by atoms with E-state index in [1.807, 2.05) is 0 Å². The normalized spacial score (nSPS) is 13.9. The minimum Gasteiger partial charge on any atom is -0.456 e. The first-order chi connectivity index (χ1) is 23.9. The van der Waals surface area contributed by atoms with Gasteiger partial charge < -0.3 is 14.2 Å². The van der Waals surface area contributed by atoms with Crippen molar-refractivity contribution in [3.8, 4) is 0 Å². The SMILES string of the molecule is Cc1ccc(N2c3cc4c(cc3B3c5cc([Si](C)(C)C)ccc5N(c5ccc([Si](C)(C)C)cc5)c5cc(C)cc2c53)oc2ccccc24)cc1. The molecule has 0 unspecified atom stereocenters. The Hall–Kier alpha value is -4.78. The van der Waals surface area contributed by atoms with E-state index in [9.17, 15) is 0 Å². The number of furan rings is 1. The summed E-state index contributed by atoms with van der Waals surface area (Å²) in [4.78, 5) is 5.05. The minimum atomic E-state index is -1.63. The van der Waals surface area contributed by atoms with Crippen molar-refractivity contribution in [2.75, 3.05) is 9.80 Å². The Morgan fingerprint density at radius 1 is 0.480 bits per heavy atom. The first kappa shape index (κ1) is 31.2. The van der Waals surface area contributed by atoms with Crippen LogP contribution in [0.5, 0.6) is 0 Å². The Morgan fingerprint density at radius 2 is 1.06 bits per heavy atom. The molecule has 6 aromatic carbocycles. The molecular weight excluding hydrogens is 639 g/mol. The second-order valence-electron chi connectivity index (χ2n) is 16.5. The molecule has 3 nitrogen and oxygen atoms in total. The molecule has 9 rings (SSSR count). The summed E-state index contributed by atoms with van der Waals surface area (Å²) < 4.78 is 6.60. The predicted octanol–water partition coefficient (Wildman–Crippen LogP) is 9.38. The summed E-state index contributed by atoms with van der Waals surface area (Å²) in [6, 6.07) is 43.8. The molecule has 0 atom stereocenters. The van der Waals surface area contributed by atoms with Crippen molar-refractivity contribution < 1.29 is 4.42 Å². The van der Waals surface area contributed by atoms with E-state index in [1.54, 1.807) is 0 Å². The maximum absolute atomic E-state index is 6.60. The molecule has 0 spiro atoms. The lowest BCUT2D eigenvalue weighted by molar-refractivity contribution is 0.669. The smallest absolute Gasteiger partial charge is 0.252 e. The van der Waals surface area contributed by atoms with Gasteiger partial charge in [0.25, 0.3) is 6.71 Å². The van der Waals surface area contributed by atoms with E-state index >= 15 is 0 Å². The lowest BCUT2D eigenvalue weighted by Crippen LogP contribution is -2.62. The molecule has 0 bridgehead atoms. The second kappa shape index (κ2) is 10.9. The van der Waals surface area contributed by atoms with Crippen LogP contribution in [-0.4, -0.2) is 22.9 Å². The van der Waals surface area contributed by atoms with Gasteiger partial charge in [-0.05, 0) is 96.5 Å². The average Bonchev–Trinajstić information content (AvgIpc) is 3.44. The maximum atomic E-state index is 6.60. The summed E-state index contributed by atoms with van der Waals surface area (Å²) in [6.07, 6.45) is 0. The summed E-state index contributed by atoms with van der Waals surface area (Å²) >= 11 is 0. The number of hydrogen-bond donors (Lipinski definition) is 0. The number of hydrogen-bond acceptors (Lipinski definition) is 3. The summed E-state index contributed by atoms with van der Waals surface area (Å²) in [5, 5.41) is 5.27. The highest BCUT2D eigenvalue weighted by molar-refractivity contribution is 7.01. The molecule has 1 aromatic heterocycles. The largest absolute Gasteiger partial charge is 0.456 e. The molecule has 6 heteroatoms. The van der Waals surface area contributed by atoms with Crippen molar-refractivity contribution in [2.24, 2.45) is 0 Å². The highest BCUT2D eigenvalue weighted by Gasteiger charge is 2.44. The van der Waals surface area contributed by atoms with Crippen molar-refractivity contribution in [2.45, 2.75) is 53.1 Å². The Labute approximate surface area is 298 Å². The van der Waals surface area contributed by atoms with Gasteiger partial charge in [-0.3, -0.25) is 0 Å². The minimum absolute atomic E-state index is 0.0544. The Bertz CT molecular complexity index is 2490. The number of benzene rings is 6. The zero-order chi connectivity index (χ0) is 34.7. The van der Waals surface area contributed by atoms with E-state index in [4.69, 9.17) is 4.42 Å². The maximum Gasteiger partial charge on any atom is 0.252 e. The van der Waals surface area contributed by atoms with Gasteiger partial charge in [-0.1, -0.05) is 110 Å². The average molecular weight is 683 g/mol. The number of anilines is 6. The molecule has 2 aliphatic rings. The number of nitrogens with zero attached hydrogens (tertiary/aromatic N) is 2. The van der Waals surface area contributed by atoms with Gasteiger partial charge in [0.15, 0.2) is 0 Å². The van der Waals surface area contributed by atoms with Crippen LogP contribution < -0.4 is 36.6 Å². The Morgan fingerprint density at radius 3 is 1.72 bits per heavy atom. The molecule has 2 aliphatic heterocycles. The van der Waals surface area contributed by atoms with E-state index in [-0.39, 0.29) is 6.71 Å². The van der Waals surface area contributed by atoms with E-state index in [1.165, 1.54) is 72.0 Å². The topological polar surface area (TPSA) is 19.6 Å². The van der Waals surface area contributed by atoms with Crippen LogP contribution in [0.1, 0.15) is 11.1 Å². The van der Waals surface area contributed by atoms with Crippen LogP contribution in [0, 0.1) is 13.8 Å². The van der Waals surface area contributed by atoms with E-state index < -0.39 is 16.1 Å².